The van der Waals surface area contributed by atoms with Crippen molar-refractivity contribution in [1.82, 2.24) is 0 Å². The minimum absolute atomic E-state index is 0.00740. The van der Waals surface area contributed by atoms with Gasteiger partial charge in [-0.2, -0.15) is 0 Å². The van der Waals surface area contributed by atoms with E-state index in [2.05, 4.69) is 0 Å². The molecule has 5 aromatic rings. The molecule has 0 spiro atoms. The number of rotatable bonds is 5. The molecule has 0 bridgehead atoms. The van der Waals surface area contributed by atoms with E-state index in [1.807, 2.05) is 54.6 Å². The van der Waals surface area contributed by atoms with Crippen molar-refractivity contribution in [3.8, 4) is 11.1 Å². The number of benzene rings is 5. The van der Waals surface area contributed by atoms with Crippen LogP contribution in [-0.2, 0) is 0 Å². The second-order valence-corrected chi connectivity index (χ2v) is 7.13. The van der Waals surface area contributed by atoms with Crippen molar-refractivity contribution in [3.05, 3.63) is 82.9 Å². The molecule has 4 heteroatoms. The molecular formula is C26H14O4. The average molecular weight is 390 g/mol. The lowest BCUT2D eigenvalue weighted by atomic mass is 9.81. The van der Waals surface area contributed by atoms with E-state index in [0.717, 1.165) is 28.0 Å². The molecule has 0 aliphatic rings. The molecule has 0 saturated heterocycles. The summed E-state index contributed by atoms with van der Waals surface area (Å²) >= 11 is 0. The molecule has 0 amide bonds. The van der Waals surface area contributed by atoms with E-state index in [0.29, 0.717) is 46.1 Å². The van der Waals surface area contributed by atoms with E-state index in [9.17, 15) is 19.2 Å². The fourth-order valence-corrected chi connectivity index (χ4v) is 4.59. The predicted molar refractivity (Wildman–Crippen MR) is 117 cm³/mol. The van der Waals surface area contributed by atoms with Crippen LogP contribution in [0.1, 0.15) is 41.4 Å². The summed E-state index contributed by atoms with van der Waals surface area (Å²) in [7, 11) is 0. The Labute approximate surface area is 171 Å². The largest absolute Gasteiger partial charge is 0.298 e. The molecule has 4 nitrogen and oxygen atoms in total. The maximum Gasteiger partial charge on any atom is 0.151 e. The van der Waals surface area contributed by atoms with Crippen LogP contribution < -0.4 is 0 Å². The lowest BCUT2D eigenvalue weighted by Crippen LogP contribution is -2.05. The van der Waals surface area contributed by atoms with Gasteiger partial charge in [-0.25, -0.2) is 0 Å². The van der Waals surface area contributed by atoms with Gasteiger partial charge in [-0.05, 0) is 32.5 Å². The summed E-state index contributed by atoms with van der Waals surface area (Å²) < 4.78 is 0. The molecule has 0 N–H and O–H groups in total. The molecule has 0 atom stereocenters. The third kappa shape index (κ3) is 2.22. The molecule has 0 saturated carbocycles. The lowest BCUT2D eigenvalue weighted by Gasteiger charge is -2.20. The highest BCUT2D eigenvalue weighted by molar-refractivity contribution is 6.35. The summed E-state index contributed by atoms with van der Waals surface area (Å²) in [6, 6.07) is 18.9. The summed E-state index contributed by atoms with van der Waals surface area (Å²) in [4.78, 5) is 48.3. The first kappa shape index (κ1) is 17.9. The first-order valence-corrected chi connectivity index (χ1v) is 9.41. The smallest absolute Gasteiger partial charge is 0.151 e. The van der Waals surface area contributed by atoms with E-state index in [4.69, 9.17) is 0 Å². The molecule has 0 aromatic heterocycles. The number of carbonyl (C=O) groups excluding carboxylic acids is 4. The lowest BCUT2D eigenvalue weighted by molar-refractivity contribution is 0.108. The summed E-state index contributed by atoms with van der Waals surface area (Å²) in [5.74, 6) is 0. The fraction of sp³-hybridized carbons (Fsp3) is 0. The van der Waals surface area contributed by atoms with Crippen molar-refractivity contribution in [2.45, 2.75) is 0 Å². The van der Waals surface area contributed by atoms with Crippen LogP contribution >= 0.6 is 0 Å². The quantitative estimate of drug-likeness (QED) is 0.293. The second kappa shape index (κ2) is 6.71. The van der Waals surface area contributed by atoms with E-state index in [-0.39, 0.29) is 16.7 Å². The zero-order valence-corrected chi connectivity index (χ0v) is 15.7. The third-order valence-electron chi connectivity index (χ3n) is 5.78. The third-order valence-corrected chi connectivity index (χ3v) is 5.78. The van der Waals surface area contributed by atoms with Crippen LogP contribution in [0, 0.1) is 0 Å². The molecule has 0 heterocycles. The van der Waals surface area contributed by atoms with Gasteiger partial charge in [-0.1, -0.05) is 60.7 Å². The van der Waals surface area contributed by atoms with Crippen LogP contribution in [0.15, 0.2) is 60.7 Å². The summed E-state index contributed by atoms with van der Waals surface area (Å²) in [5.41, 5.74) is 2.11. The number of carbonyl (C=O) groups is 4. The van der Waals surface area contributed by atoms with Gasteiger partial charge in [0, 0.05) is 33.2 Å². The van der Waals surface area contributed by atoms with E-state index in [1.54, 1.807) is 6.07 Å². The monoisotopic (exact) mass is 390 g/mol. The Hall–Kier alpha value is -4.18. The summed E-state index contributed by atoms with van der Waals surface area (Å²) in [6.07, 6.45) is 2.40. The molecule has 0 aliphatic heterocycles. The Morgan fingerprint density at radius 3 is 1.83 bits per heavy atom. The Morgan fingerprint density at radius 2 is 1.17 bits per heavy atom. The molecule has 142 valence electrons. The Kier molecular flexibility index (Phi) is 4.00. The van der Waals surface area contributed by atoms with Crippen LogP contribution in [0.2, 0.25) is 0 Å². The highest BCUT2D eigenvalue weighted by Crippen LogP contribution is 2.45. The van der Waals surface area contributed by atoms with Crippen molar-refractivity contribution in [1.29, 1.82) is 0 Å². The fourth-order valence-electron chi connectivity index (χ4n) is 4.59. The van der Waals surface area contributed by atoms with E-state index < -0.39 is 0 Å². The van der Waals surface area contributed by atoms with E-state index in [1.165, 1.54) is 0 Å². The highest BCUT2D eigenvalue weighted by Gasteiger charge is 2.25. The molecule has 0 unspecified atom stereocenters. The minimum atomic E-state index is 0.00740. The van der Waals surface area contributed by atoms with Gasteiger partial charge < -0.3 is 0 Å². The summed E-state index contributed by atoms with van der Waals surface area (Å²) in [6.45, 7) is 0. The van der Waals surface area contributed by atoms with Crippen molar-refractivity contribution in [2.24, 2.45) is 0 Å². The van der Waals surface area contributed by atoms with Crippen LogP contribution in [0.5, 0.6) is 0 Å². The highest BCUT2D eigenvalue weighted by atomic mass is 16.1. The van der Waals surface area contributed by atoms with Gasteiger partial charge in [0.15, 0.2) is 25.1 Å². The SMILES string of the molecule is O=Cc1c(C=O)c2ccc3cccc4c(-c5ccccc5)c(C=O)c(c1C=O)c2c34. The van der Waals surface area contributed by atoms with Crippen LogP contribution in [0.25, 0.3) is 43.4 Å². The van der Waals surface area contributed by atoms with E-state index >= 15 is 0 Å². The van der Waals surface area contributed by atoms with Gasteiger partial charge >= 0.3 is 0 Å². The van der Waals surface area contributed by atoms with Gasteiger partial charge in [0.2, 0.25) is 0 Å². The standard InChI is InChI=1S/C26H14O4/c27-11-19-17-10-9-16-7-4-8-18-23(15-5-2-1-3-6-15)22(14-30)25(26(17)24(16)18)21(13-29)20(19)12-28/h1-14H. The molecular weight excluding hydrogens is 376 g/mol. The molecule has 0 aliphatic carbocycles. The Morgan fingerprint density at radius 1 is 0.467 bits per heavy atom. The maximum absolute atomic E-state index is 12.4. The minimum Gasteiger partial charge on any atom is -0.298 e. The second-order valence-electron chi connectivity index (χ2n) is 7.13. The zero-order chi connectivity index (χ0) is 20.8. The molecule has 0 fully saturated rings. The molecule has 30 heavy (non-hydrogen) atoms. The zero-order valence-electron chi connectivity index (χ0n) is 15.7. The van der Waals surface area contributed by atoms with Crippen LogP contribution in [0.3, 0.4) is 0 Å². The van der Waals surface area contributed by atoms with Gasteiger partial charge in [0.05, 0.1) is 0 Å². The molecule has 5 rings (SSSR count). The van der Waals surface area contributed by atoms with Crippen LogP contribution in [-0.4, -0.2) is 25.1 Å². The first-order valence-electron chi connectivity index (χ1n) is 9.41. The van der Waals surface area contributed by atoms with Gasteiger partial charge in [0.1, 0.15) is 0 Å². The molecule has 5 aromatic carbocycles. The van der Waals surface area contributed by atoms with Crippen LogP contribution in [0.4, 0.5) is 0 Å². The average Bonchev–Trinajstić information content (AvgIpc) is 2.81. The van der Waals surface area contributed by atoms with Gasteiger partial charge in [-0.15, -0.1) is 0 Å². The predicted octanol–water partition coefficient (Wildman–Crippen LogP) is 5.50. The normalized spacial score (nSPS) is 11.2. The van der Waals surface area contributed by atoms with Gasteiger partial charge in [0.25, 0.3) is 0 Å². The number of hydrogen-bond donors (Lipinski definition) is 0. The van der Waals surface area contributed by atoms with Crippen molar-refractivity contribution < 1.29 is 19.2 Å². The Balaban J connectivity index is 2.22. The number of hydrogen-bond acceptors (Lipinski definition) is 4. The van der Waals surface area contributed by atoms with Crippen molar-refractivity contribution in [3.63, 3.8) is 0 Å². The van der Waals surface area contributed by atoms with Gasteiger partial charge in [-0.3, -0.25) is 19.2 Å². The maximum atomic E-state index is 12.4. The topological polar surface area (TPSA) is 68.3 Å². The van der Waals surface area contributed by atoms with Crippen molar-refractivity contribution in [2.75, 3.05) is 0 Å². The summed E-state index contributed by atoms with van der Waals surface area (Å²) in [5, 5.41) is 4.25. The first-order chi connectivity index (χ1) is 14.7. The molecule has 0 radical (unpaired) electrons. The van der Waals surface area contributed by atoms with Crippen molar-refractivity contribution >= 4 is 57.5 Å². The Bertz CT molecular complexity index is 1500. The number of aldehydes is 4.